The summed E-state index contributed by atoms with van der Waals surface area (Å²) in [4.78, 5) is 0. The molecule has 0 aromatic rings. The Bertz CT molecular complexity index is 124. The van der Waals surface area contributed by atoms with Gasteiger partial charge in [0.1, 0.15) is 6.10 Å². The average Bonchev–Trinajstić information content (AvgIpc) is 2.30. The first-order valence-electron chi connectivity index (χ1n) is 3.26. The molecule has 1 fully saturated rings. The van der Waals surface area contributed by atoms with Gasteiger partial charge in [0.25, 0.3) is 0 Å². The molecule has 0 aromatic carbocycles. The Morgan fingerprint density at radius 1 is 1.80 bits per heavy atom. The van der Waals surface area contributed by atoms with Gasteiger partial charge in [-0.1, -0.05) is 6.08 Å². The minimum absolute atomic E-state index is 0.0556. The van der Waals surface area contributed by atoms with Gasteiger partial charge in [-0.25, -0.2) is 0 Å². The molecule has 1 unspecified atom stereocenters. The van der Waals surface area contributed by atoms with Crippen LogP contribution in [0.25, 0.3) is 0 Å². The van der Waals surface area contributed by atoms with Crippen LogP contribution in [0.15, 0.2) is 12.7 Å². The van der Waals surface area contributed by atoms with Crippen molar-refractivity contribution in [2.45, 2.75) is 24.9 Å². The number of hydrogen-bond donors (Lipinski definition) is 1. The van der Waals surface area contributed by atoms with Crippen LogP contribution in [-0.2, 0) is 9.47 Å². The van der Waals surface area contributed by atoms with E-state index in [4.69, 9.17) is 9.47 Å². The van der Waals surface area contributed by atoms with Gasteiger partial charge in [0.05, 0.1) is 6.10 Å². The topological polar surface area (TPSA) is 38.7 Å². The maximum Gasteiger partial charge on any atom is 0.183 e. The number of rotatable bonds is 2. The molecule has 3 heteroatoms. The molecule has 0 amide bonds. The molecule has 3 nitrogen and oxygen atoms in total. The van der Waals surface area contributed by atoms with Crippen LogP contribution < -0.4 is 0 Å². The molecule has 1 aliphatic rings. The van der Waals surface area contributed by atoms with Crippen LogP contribution in [0.1, 0.15) is 6.42 Å². The molecule has 0 spiro atoms. The predicted octanol–water partition coefficient (Wildman–Crippen LogP) is 0.295. The lowest BCUT2D eigenvalue weighted by molar-refractivity contribution is -0.141. The van der Waals surface area contributed by atoms with E-state index in [0.717, 1.165) is 0 Å². The Labute approximate surface area is 60.3 Å². The summed E-state index contributed by atoms with van der Waals surface area (Å²) in [7, 11) is 1.51. The average molecular weight is 144 g/mol. The molecule has 0 aliphatic carbocycles. The van der Waals surface area contributed by atoms with Crippen LogP contribution >= 0.6 is 0 Å². The quantitative estimate of drug-likeness (QED) is 0.566. The lowest BCUT2D eigenvalue weighted by Gasteiger charge is -2.10. The summed E-state index contributed by atoms with van der Waals surface area (Å²) >= 11 is 0. The second-order valence-corrected chi connectivity index (χ2v) is 2.32. The van der Waals surface area contributed by atoms with Gasteiger partial charge in [-0.3, -0.25) is 0 Å². The highest BCUT2D eigenvalue weighted by molar-refractivity contribution is 4.88. The van der Waals surface area contributed by atoms with E-state index in [2.05, 4.69) is 6.58 Å². The Morgan fingerprint density at radius 2 is 2.50 bits per heavy atom. The Balaban J connectivity index is 2.43. The Morgan fingerprint density at radius 3 is 2.80 bits per heavy atom. The van der Waals surface area contributed by atoms with Crippen molar-refractivity contribution in [3.8, 4) is 0 Å². The van der Waals surface area contributed by atoms with E-state index in [9.17, 15) is 5.11 Å². The zero-order valence-electron chi connectivity index (χ0n) is 5.99. The number of hydrogen-bond acceptors (Lipinski definition) is 3. The van der Waals surface area contributed by atoms with Crippen LogP contribution in [0.4, 0.5) is 0 Å². The van der Waals surface area contributed by atoms with Gasteiger partial charge in [-0.05, 0) is 0 Å². The normalized spacial score (nSPS) is 40.0. The van der Waals surface area contributed by atoms with E-state index in [1.807, 2.05) is 0 Å². The molecule has 1 N–H and O–H groups in total. The molecule has 0 saturated carbocycles. The number of aliphatic hydroxyl groups excluding tert-OH is 1. The summed E-state index contributed by atoms with van der Waals surface area (Å²) in [6, 6.07) is 0. The first-order chi connectivity index (χ1) is 4.77. The zero-order chi connectivity index (χ0) is 7.56. The Kier molecular flexibility index (Phi) is 2.43. The second kappa shape index (κ2) is 3.14. The molecule has 1 aliphatic heterocycles. The van der Waals surface area contributed by atoms with Crippen molar-refractivity contribution in [3.63, 3.8) is 0 Å². The molecule has 0 bridgehead atoms. The van der Waals surface area contributed by atoms with Crippen LogP contribution in [-0.4, -0.2) is 30.7 Å². The molecule has 10 heavy (non-hydrogen) atoms. The highest BCUT2D eigenvalue weighted by atomic mass is 16.7. The second-order valence-electron chi connectivity index (χ2n) is 2.32. The van der Waals surface area contributed by atoms with Gasteiger partial charge < -0.3 is 14.6 Å². The summed E-state index contributed by atoms with van der Waals surface area (Å²) in [5.41, 5.74) is 0. The third kappa shape index (κ3) is 1.37. The molecule has 0 aromatic heterocycles. The van der Waals surface area contributed by atoms with E-state index >= 15 is 0 Å². The molecular weight excluding hydrogens is 132 g/mol. The maximum absolute atomic E-state index is 9.19. The fourth-order valence-electron chi connectivity index (χ4n) is 1.03. The third-order valence-corrected chi connectivity index (χ3v) is 1.59. The summed E-state index contributed by atoms with van der Waals surface area (Å²) in [6.07, 6.45) is 1.22. The van der Waals surface area contributed by atoms with Crippen LogP contribution in [0.5, 0.6) is 0 Å². The van der Waals surface area contributed by atoms with Gasteiger partial charge >= 0.3 is 0 Å². The fraction of sp³-hybridized carbons (Fsp3) is 0.714. The van der Waals surface area contributed by atoms with E-state index in [1.165, 1.54) is 7.11 Å². The smallest absolute Gasteiger partial charge is 0.183 e. The lowest BCUT2D eigenvalue weighted by Crippen LogP contribution is -2.22. The van der Waals surface area contributed by atoms with Crippen molar-refractivity contribution >= 4 is 0 Å². The minimum Gasteiger partial charge on any atom is -0.388 e. The zero-order valence-corrected chi connectivity index (χ0v) is 5.99. The molecular formula is C7H12O3. The van der Waals surface area contributed by atoms with Gasteiger partial charge in [-0.15, -0.1) is 6.58 Å². The fourth-order valence-corrected chi connectivity index (χ4v) is 1.03. The molecule has 1 heterocycles. The summed E-state index contributed by atoms with van der Waals surface area (Å²) in [6.45, 7) is 3.55. The van der Waals surface area contributed by atoms with Crippen LogP contribution in [0.2, 0.25) is 0 Å². The van der Waals surface area contributed by atoms with Crippen molar-refractivity contribution < 1.29 is 14.6 Å². The number of ether oxygens (including phenoxy) is 2. The highest BCUT2D eigenvalue weighted by Crippen LogP contribution is 2.20. The minimum atomic E-state index is -0.506. The van der Waals surface area contributed by atoms with Crippen LogP contribution in [0, 0.1) is 0 Å². The SMILES string of the molecule is C=C[C@@H]1C[C@@H](O)C(OC)O1. The highest BCUT2D eigenvalue weighted by Gasteiger charge is 2.31. The van der Waals surface area contributed by atoms with Gasteiger partial charge in [0.2, 0.25) is 0 Å². The monoisotopic (exact) mass is 144 g/mol. The molecule has 1 rings (SSSR count). The Hall–Kier alpha value is -0.380. The van der Waals surface area contributed by atoms with Crippen molar-refractivity contribution in [1.29, 1.82) is 0 Å². The maximum atomic E-state index is 9.19. The van der Waals surface area contributed by atoms with Crippen molar-refractivity contribution in [2.24, 2.45) is 0 Å². The summed E-state index contributed by atoms with van der Waals surface area (Å²) in [5, 5.41) is 9.19. The third-order valence-electron chi connectivity index (χ3n) is 1.59. The van der Waals surface area contributed by atoms with Crippen molar-refractivity contribution in [1.82, 2.24) is 0 Å². The predicted molar refractivity (Wildman–Crippen MR) is 36.5 cm³/mol. The van der Waals surface area contributed by atoms with Crippen molar-refractivity contribution in [3.05, 3.63) is 12.7 Å². The van der Waals surface area contributed by atoms with E-state index in [1.54, 1.807) is 6.08 Å². The molecule has 1 saturated heterocycles. The van der Waals surface area contributed by atoms with E-state index in [-0.39, 0.29) is 6.10 Å². The van der Waals surface area contributed by atoms with Gasteiger partial charge in [0, 0.05) is 13.5 Å². The number of methoxy groups -OCH3 is 1. The van der Waals surface area contributed by atoms with Crippen molar-refractivity contribution in [2.75, 3.05) is 7.11 Å². The molecule has 3 atom stereocenters. The number of aliphatic hydroxyl groups is 1. The van der Waals surface area contributed by atoms with Gasteiger partial charge in [-0.2, -0.15) is 0 Å². The lowest BCUT2D eigenvalue weighted by atomic mass is 10.2. The molecule has 58 valence electrons. The first-order valence-corrected chi connectivity index (χ1v) is 3.26. The largest absolute Gasteiger partial charge is 0.388 e. The van der Waals surface area contributed by atoms with Gasteiger partial charge in [0.15, 0.2) is 6.29 Å². The van der Waals surface area contributed by atoms with E-state index < -0.39 is 12.4 Å². The van der Waals surface area contributed by atoms with Crippen LogP contribution in [0.3, 0.4) is 0 Å². The standard InChI is InChI=1S/C7H12O3/c1-3-5-4-6(8)7(9-2)10-5/h3,5-8H,1,4H2,2H3/t5-,6-,7?/m1/s1. The first kappa shape index (κ1) is 7.72. The van der Waals surface area contributed by atoms with E-state index in [0.29, 0.717) is 6.42 Å². The summed E-state index contributed by atoms with van der Waals surface area (Å²) < 4.78 is 10.0. The summed E-state index contributed by atoms with van der Waals surface area (Å²) in [5.74, 6) is 0. The molecule has 0 radical (unpaired) electrons.